The van der Waals surface area contributed by atoms with Crippen molar-refractivity contribution in [2.24, 2.45) is 5.92 Å². The number of anilines is 2. The third-order valence-corrected chi connectivity index (χ3v) is 5.27. The molecule has 2 aromatic carbocycles. The van der Waals surface area contributed by atoms with Gasteiger partial charge in [-0.2, -0.15) is 0 Å². The van der Waals surface area contributed by atoms with Crippen molar-refractivity contribution >= 4 is 29.0 Å². The van der Waals surface area contributed by atoms with E-state index in [1.54, 1.807) is 24.3 Å². The van der Waals surface area contributed by atoms with Crippen LogP contribution in [0.1, 0.15) is 51.3 Å². The zero-order valence-corrected chi connectivity index (χ0v) is 18.3. The number of nitrogens with one attached hydrogen (secondary N) is 1. The van der Waals surface area contributed by atoms with Crippen LogP contribution in [-0.2, 0) is 20.8 Å². The number of hydrogen-bond acceptors (Lipinski definition) is 4. The number of hydrogen-bond donors (Lipinski definition) is 2. The number of nitrogens with zero attached hydrogens (tertiary/aromatic N) is 1. The highest BCUT2D eigenvalue weighted by molar-refractivity contribution is 6.16. The van der Waals surface area contributed by atoms with Crippen molar-refractivity contribution in [3.8, 4) is 0 Å². The standard InChI is InChI=1S/C25H28N2O4/c1-5-17-6-8-18(9-7-17)23-22(21(29)14-15(2)3)24(30)25(31)27(23)20-12-10-19(11-13-20)26-16(4)28/h6-13,15,23,30H,5,14H2,1-4H3,(H,26,28). The summed E-state index contributed by atoms with van der Waals surface area (Å²) in [6, 6.07) is 13.8. The molecule has 3 rings (SSSR count). The van der Waals surface area contributed by atoms with Crippen LogP contribution in [0.2, 0.25) is 0 Å². The van der Waals surface area contributed by atoms with Gasteiger partial charge in [0.05, 0.1) is 11.6 Å². The van der Waals surface area contributed by atoms with Gasteiger partial charge in [-0.1, -0.05) is 45.0 Å². The van der Waals surface area contributed by atoms with Crippen LogP contribution < -0.4 is 10.2 Å². The molecule has 31 heavy (non-hydrogen) atoms. The van der Waals surface area contributed by atoms with Crippen molar-refractivity contribution in [2.45, 2.75) is 46.6 Å². The first-order valence-corrected chi connectivity index (χ1v) is 10.5. The summed E-state index contributed by atoms with van der Waals surface area (Å²) in [5.74, 6) is -1.44. The lowest BCUT2D eigenvalue weighted by molar-refractivity contribution is -0.118. The number of aliphatic hydroxyl groups is 1. The van der Waals surface area contributed by atoms with Gasteiger partial charge in [0.2, 0.25) is 5.91 Å². The number of carbonyl (C=O) groups excluding carboxylic acids is 3. The monoisotopic (exact) mass is 420 g/mol. The first-order valence-electron chi connectivity index (χ1n) is 10.5. The molecule has 6 heteroatoms. The fraction of sp³-hybridized carbons (Fsp3) is 0.320. The average molecular weight is 421 g/mol. The fourth-order valence-corrected chi connectivity index (χ4v) is 3.80. The average Bonchev–Trinajstić information content (AvgIpc) is 2.99. The fourth-order valence-electron chi connectivity index (χ4n) is 3.80. The van der Waals surface area contributed by atoms with Gasteiger partial charge in [0.25, 0.3) is 5.91 Å². The van der Waals surface area contributed by atoms with E-state index in [-0.39, 0.29) is 29.6 Å². The highest BCUT2D eigenvalue weighted by atomic mass is 16.3. The molecule has 2 amide bonds. The lowest BCUT2D eigenvalue weighted by Gasteiger charge is -2.27. The number of amides is 2. The van der Waals surface area contributed by atoms with Crippen LogP contribution in [0.4, 0.5) is 11.4 Å². The maximum Gasteiger partial charge on any atom is 0.294 e. The van der Waals surface area contributed by atoms with Gasteiger partial charge in [0.15, 0.2) is 11.5 Å². The topological polar surface area (TPSA) is 86.7 Å². The zero-order chi connectivity index (χ0) is 22.7. The van der Waals surface area contributed by atoms with Gasteiger partial charge in [0, 0.05) is 24.7 Å². The predicted octanol–water partition coefficient (Wildman–Crippen LogP) is 4.72. The second-order valence-corrected chi connectivity index (χ2v) is 8.18. The van der Waals surface area contributed by atoms with Gasteiger partial charge in [-0.05, 0) is 47.7 Å². The van der Waals surface area contributed by atoms with Crippen molar-refractivity contribution in [1.29, 1.82) is 0 Å². The summed E-state index contributed by atoms with van der Waals surface area (Å²) in [5, 5.41) is 13.4. The molecule has 6 nitrogen and oxygen atoms in total. The second-order valence-electron chi connectivity index (χ2n) is 8.18. The Kier molecular flexibility index (Phi) is 6.59. The van der Waals surface area contributed by atoms with E-state index in [0.29, 0.717) is 11.4 Å². The van der Waals surface area contributed by atoms with Crippen LogP contribution in [0.5, 0.6) is 0 Å². The van der Waals surface area contributed by atoms with Gasteiger partial charge in [-0.3, -0.25) is 19.3 Å². The molecule has 1 aliphatic heterocycles. The molecule has 0 aliphatic carbocycles. The van der Waals surface area contributed by atoms with Crippen molar-refractivity contribution in [3.63, 3.8) is 0 Å². The van der Waals surface area contributed by atoms with Crippen molar-refractivity contribution in [2.75, 3.05) is 10.2 Å². The molecule has 0 radical (unpaired) electrons. The van der Waals surface area contributed by atoms with E-state index in [9.17, 15) is 19.5 Å². The molecule has 1 aliphatic rings. The summed E-state index contributed by atoms with van der Waals surface area (Å²) >= 11 is 0. The lowest BCUT2D eigenvalue weighted by atomic mass is 9.91. The van der Waals surface area contributed by atoms with Crippen LogP contribution in [0.25, 0.3) is 0 Å². The predicted molar refractivity (Wildman–Crippen MR) is 121 cm³/mol. The number of aliphatic hydroxyl groups excluding tert-OH is 1. The first-order chi connectivity index (χ1) is 14.7. The third-order valence-electron chi connectivity index (χ3n) is 5.27. The van der Waals surface area contributed by atoms with Crippen LogP contribution >= 0.6 is 0 Å². The summed E-state index contributed by atoms with van der Waals surface area (Å²) in [4.78, 5) is 38.8. The molecule has 1 unspecified atom stereocenters. The number of Topliss-reactive ketones (excluding diaryl/α,β-unsaturated/α-hetero) is 1. The number of carbonyl (C=O) groups is 3. The highest BCUT2D eigenvalue weighted by Gasteiger charge is 2.44. The van der Waals surface area contributed by atoms with Crippen molar-refractivity contribution < 1.29 is 19.5 Å². The summed E-state index contributed by atoms with van der Waals surface area (Å²) in [5.41, 5.74) is 3.16. The molecule has 0 fully saturated rings. The maximum atomic E-state index is 13.1. The Hall–Kier alpha value is -3.41. The van der Waals surface area contributed by atoms with Gasteiger partial charge < -0.3 is 10.4 Å². The Labute approximate surface area is 182 Å². The van der Waals surface area contributed by atoms with Gasteiger partial charge in [-0.15, -0.1) is 0 Å². The van der Waals surface area contributed by atoms with Gasteiger partial charge in [0.1, 0.15) is 0 Å². The second kappa shape index (κ2) is 9.16. The molecule has 0 aromatic heterocycles. The largest absolute Gasteiger partial charge is 0.503 e. The molecule has 0 saturated heterocycles. The van der Waals surface area contributed by atoms with Crippen LogP contribution in [0.15, 0.2) is 59.9 Å². The normalized spacial score (nSPS) is 16.2. The highest BCUT2D eigenvalue weighted by Crippen LogP contribution is 2.42. The van der Waals surface area contributed by atoms with E-state index in [1.807, 2.05) is 38.1 Å². The summed E-state index contributed by atoms with van der Waals surface area (Å²) in [6.07, 6.45) is 1.12. The Balaban J connectivity index is 2.07. The van der Waals surface area contributed by atoms with E-state index in [1.165, 1.54) is 11.8 Å². The molecule has 0 saturated carbocycles. The van der Waals surface area contributed by atoms with Crippen molar-refractivity contribution in [1.82, 2.24) is 0 Å². The molecular formula is C25H28N2O4. The Morgan fingerprint density at radius 1 is 1.06 bits per heavy atom. The van der Waals surface area contributed by atoms with Crippen LogP contribution in [-0.4, -0.2) is 22.7 Å². The molecule has 162 valence electrons. The number of aryl methyl sites for hydroxylation is 1. The Morgan fingerprint density at radius 2 is 1.68 bits per heavy atom. The minimum absolute atomic E-state index is 0.0945. The van der Waals surface area contributed by atoms with E-state index < -0.39 is 17.7 Å². The minimum Gasteiger partial charge on any atom is -0.503 e. The number of rotatable bonds is 7. The quantitative estimate of drug-likeness (QED) is 0.678. The van der Waals surface area contributed by atoms with Gasteiger partial charge >= 0.3 is 0 Å². The zero-order valence-electron chi connectivity index (χ0n) is 18.3. The SMILES string of the molecule is CCc1ccc(C2C(C(=O)CC(C)C)=C(O)C(=O)N2c2ccc(NC(C)=O)cc2)cc1. The third kappa shape index (κ3) is 4.68. The Morgan fingerprint density at radius 3 is 2.19 bits per heavy atom. The lowest BCUT2D eigenvalue weighted by Crippen LogP contribution is -2.31. The first kappa shape index (κ1) is 22.3. The minimum atomic E-state index is -0.712. The molecule has 1 atom stereocenters. The molecular weight excluding hydrogens is 392 g/mol. The van der Waals surface area contributed by atoms with E-state index >= 15 is 0 Å². The number of benzene rings is 2. The molecule has 0 bridgehead atoms. The Bertz CT molecular complexity index is 1020. The van der Waals surface area contributed by atoms with Crippen LogP contribution in [0, 0.1) is 5.92 Å². The van der Waals surface area contributed by atoms with Gasteiger partial charge in [-0.25, -0.2) is 0 Å². The molecule has 1 heterocycles. The van der Waals surface area contributed by atoms with Crippen molar-refractivity contribution in [3.05, 3.63) is 71.0 Å². The number of ketones is 1. The molecule has 0 spiro atoms. The summed E-state index contributed by atoms with van der Waals surface area (Å²) in [6.45, 7) is 7.33. The maximum absolute atomic E-state index is 13.1. The molecule has 2 aromatic rings. The smallest absolute Gasteiger partial charge is 0.294 e. The van der Waals surface area contributed by atoms with Crippen LogP contribution in [0.3, 0.4) is 0 Å². The van der Waals surface area contributed by atoms with E-state index in [0.717, 1.165) is 17.5 Å². The van der Waals surface area contributed by atoms with E-state index in [2.05, 4.69) is 12.2 Å². The summed E-state index contributed by atoms with van der Waals surface area (Å²) < 4.78 is 0. The summed E-state index contributed by atoms with van der Waals surface area (Å²) in [7, 11) is 0. The molecule has 2 N–H and O–H groups in total. The van der Waals surface area contributed by atoms with E-state index in [4.69, 9.17) is 0 Å².